The third kappa shape index (κ3) is 6.74. The molecule has 0 bridgehead atoms. The molecule has 0 spiro atoms. The summed E-state index contributed by atoms with van der Waals surface area (Å²) in [7, 11) is 0. The molecular weight excluding hydrogens is 531 g/mol. The van der Waals surface area contributed by atoms with Gasteiger partial charge in [-0.2, -0.15) is 8.75 Å². The van der Waals surface area contributed by atoms with Gasteiger partial charge < -0.3 is 14.6 Å². The number of carboxylic acids is 1. The Morgan fingerprint density at radius 2 is 1.48 bits per heavy atom. The molecule has 0 unspecified atom stereocenters. The molecule has 0 saturated heterocycles. The van der Waals surface area contributed by atoms with Crippen molar-refractivity contribution in [2.24, 2.45) is 0 Å². The first kappa shape index (κ1) is 29.4. The minimum absolute atomic E-state index is 0. The summed E-state index contributed by atoms with van der Waals surface area (Å²) in [5.74, 6) is -1.11. The predicted octanol–water partition coefficient (Wildman–Crippen LogP) is 2.52. The molecule has 0 aliphatic heterocycles. The van der Waals surface area contributed by atoms with Crippen molar-refractivity contribution in [1.29, 1.82) is 0 Å². The number of aryl methyl sites for hydroxylation is 2. The summed E-state index contributed by atoms with van der Waals surface area (Å²) in [6.45, 7) is 4.32. The molecule has 8 heteroatoms. The molecule has 5 rings (SSSR count). The molecule has 194 valence electrons. The Balaban J connectivity index is 0.00000370. The van der Waals surface area contributed by atoms with Gasteiger partial charge in [0.05, 0.1) is 17.7 Å². The van der Waals surface area contributed by atoms with Gasteiger partial charge in [-0.05, 0) is 72.0 Å². The van der Waals surface area contributed by atoms with E-state index in [0.29, 0.717) is 34.5 Å². The van der Waals surface area contributed by atoms with E-state index in [1.54, 1.807) is 30.3 Å². The van der Waals surface area contributed by atoms with Crippen molar-refractivity contribution in [3.63, 3.8) is 0 Å². The monoisotopic (exact) mass is 556 g/mol. The summed E-state index contributed by atoms with van der Waals surface area (Å²) < 4.78 is 14.3. The number of allylic oxidation sites excluding steroid dienone is 1. The Bertz CT molecular complexity index is 1700. The van der Waals surface area contributed by atoms with Crippen LogP contribution in [0, 0.1) is 13.8 Å². The molecule has 40 heavy (non-hydrogen) atoms. The topological polar surface area (TPSA) is 92.2 Å². The molecule has 0 aliphatic rings. The number of carbonyl (C=O) groups excluding carboxylic acids is 2. The standard InChI is InChI=1S/C32H26N2O4S.Na/c1-20-8-11-25(16-21(20)2)31(35)27(30(32(36)37)24-12-15-28-29(18-24)34-39-33-28)17-22-9-13-26(14-10-22)38-19-23-6-4-3-5-7-23;/h3-16,18H,17,19H2,1-2H3,(H,36,37);/q;+1/p-1/b30-27+;. The summed E-state index contributed by atoms with van der Waals surface area (Å²) in [6, 6.07) is 27.5. The van der Waals surface area contributed by atoms with Crippen molar-refractivity contribution >= 4 is 40.1 Å². The number of fused-ring (bicyclic) bond motifs is 1. The van der Waals surface area contributed by atoms with Gasteiger partial charge in [0.25, 0.3) is 0 Å². The van der Waals surface area contributed by atoms with Crippen LogP contribution in [0.1, 0.15) is 38.2 Å². The van der Waals surface area contributed by atoms with Crippen molar-refractivity contribution < 1.29 is 49.0 Å². The van der Waals surface area contributed by atoms with Crippen LogP contribution in [-0.2, 0) is 17.8 Å². The number of hydrogen-bond donors (Lipinski definition) is 0. The van der Waals surface area contributed by atoms with Crippen molar-refractivity contribution in [3.8, 4) is 5.75 Å². The quantitative estimate of drug-likeness (QED) is 0.157. The molecular formula is C32H25N2NaO4S. The number of carboxylic acid groups (broad SMARTS) is 1. The van der Waals surface area contributed by atoms with Gasteiger partial charge in [0.1, 0.15) is 23.4 Å². The maximum absolute atomic E-state index is 13.9. The molecule has 4 aromatic carbocycles. The zero-order valence-corrected chi connectivity index (χ0v) is 25.3. The van der Waals surface area contributed by atoms with Gasteiger partial charge in [-0.1, -0.05) is 60.7 Å². The number of aliphatic carboxylic acids is 1. The van der Waals surface area contributed by atoms with Crippen LogP contribution >= 0.6 is 11.7 Å². The Kier molecular flexibility index (Phi) is 9.66. The smallest absolute Gasteiger partial charge is 0.545 e. The normalized spacial score (nSPS) is 11.4. The summed E-state index contributed by atoms with van der Waals surface area (Å²) in [6.07, 6.45) is 0.0986. The Morgan fingerprint density at radius 1 is 0.775 bits per heavy atom. The van der Waals surface area contributed by atoms with Crippen LogP contribution in [0.5, 0.6) is 5.75 Å². The number of hydrogen-bond acceptors (Lipinski definition) is 7. The average Bonchev–Trinajstić information content (AvgIpc) is 3.42. The number of nitrogens with zero attached hydrogens (tertiary/aromatic N) is 2. The number of ketones is 1. The molecule has 0 N–H and O–H groups in total. The molecule has 1 aromatic heterocycles. The van der Waals surface area contributed by atoms with E-state index < -0.39 is 5.97 Å². The molecule has 0 fully saturated rings. The Labute approximate surface area is 259 Å². The first-order valence-corrected chi connectivity index (χ1v) is 13.2. The van der Waals surface area contributed by atoms with Crippen molar-refractivity contribution in [1.82, 2.24) is 8.75 Å². The summed E-state index contributed by atoms with van der Waals surface area (Å²) in [5.41, 5.74) is 5.80. The number of benzene rings is 4. The van der Waals surface area contributed by atoms with Crippen LogP contribution in [0.15, 0.2) is 96.6 Å². The van der Waals surface area contributed by atoms with Gasteiger partial charge >= 0.3 is 29.6 Å². The largest absolute Gasteiger partial charge is 1.00 e. The first-order valence-electron chi connectivity index (χ1n) is 12.4. The minimum Gasteiger partial charge on any atom is -0.545 e. The third-order valence-electron chi connectivity index (χ3n) is 6.64. The fraction of sp³-hybridized carbons (Fsp3) is 0.125. The van der Waals surface area contributed by atoms with E-state index in [4.69, 9.17) is 4.74 Å². The molecule has 0 aliphatic carbocycles. The third-order valence-corrected chi connectivity index (χ3v) is 7.20. The zero-order chi connectivity index (χ0) is 27.4. The van der Waals surface area contributed by atoms with Crippen LogP contribution < -0.4 is 39.4 Å². The van der Waals surface area contributed by atoms with Crippen molar-refractivity contribution in [2.45, 2.75) is 26.9 Å². The zero-order valence-electron chi connectivity index (χ0n) is 22.5. The predicted molar refractivity (Wildman–Crippen MR) is 151 cm³/mol. The average molecular weight is 557 g/mol. The molecule has 6 nitrogen and oxygen atoms in total. The minimum atomic E-state index is -1.42. The van der Waals surface area contributed by atoms with Gasteiger partial charge in [0.15, 0.2) is 5.78 Å². The second-order valence-corrected chi connectivity index (χ2v) is 9.86. The van der Waals surface area contributed by atoms with E-state index in [1.165, 1.54) is 0 Å². The van der Waals surface area contributed by atoms with Crippen LogP contribution in [0.4, 0.5) is 0 Å². The fourth-order valence-electron chi connectivity index (χ4n) is 4.34. The van der Waals surface area contributed by atoms with E-state index in [1.807, 2.05) is 74.5 Å². The number of carbonyl (C=O) groups is 2. The van der Waals surface area contributed by atoms with Gasteiger partial charge in [-0.3, -0.25) is 4.79 Å². The molecule has 0 radical (unpaired) electrons. The van der Waals surface area contributed by atoms with Crippen LogP contribution in [0.2, 0.25) is 0 Å². The van der Waals surface area contributed by atoms with Crippen molar-refractivity contribution in [3.05, 3.63) is 130 Å². The van der Waals surface area contributed by atoms with Crippen molar-refractivity contribution in [2.75, 3.05) is 0 Å². The maximum Gasteiger partial charge on any atom is 1.00 e. The summed E-state index contributed by atoms with van der Waals surface area (Å²) in [4.78, 5) is 26.4. The van der Waals surface area contributed by atoms with E-state index in [9.17, 15) is 14.7 Å². The van der Waals surface area contributed by atoms with Gasteiger partial charge in [-0.15, -0.1) is 0 Å². The molecule has 1 heterocycles. The molecule has 0 saturated carbocycles. The summed E-state index contributed by atoms with van der Waals surface area (Å²) in [5, 5.41) is 12.6. The first-order chi connectivity index (χ1) is 18.9. The number of ether oxygens (including phenoxy) is 1. The second kappa shape index (κ2) is 13.2. The van der Waals surface area contributed by atoms with E-state index >= 15 is 0 Å². The Hall–Kier alpha value is -3.62. The van der Waals surface area contributed by atoms with Crippen LogP contribution in [-0.4, -0.2) is 20.5 Å². The van der Waals surface area contributed by atoms with E-state index in [-0.39, 0.29) is 52.9 Å². The van der Waals surface area contributed by atoms with Gasteiger partial charge in [0, 0.05) is 23.1 Å². The number of aromatic nitrogens is 2. The SMILES string of the molecule is Cc1ccc(C(=O)/C(Cc2ccc(OCc3ccccc3)cc2)=C(/C(=O)[O-])c2ccc3nsnc3c2)cc1C.[Na+]. The molecule has 5 aromatic rings. The van der Waals surface area contributed by atoms with Crippen LogP contribution in [0.25, 0.3) is 16.6 Å². The molecule has 0 atom stereocenters. The van der Waals surface area contributed by atoms with E-state index in [2.05, 4.69) is 8.75 Å². The van der Waals surface area contributed by atoms with E-state index in [0.717, 1.165) is 34.0 Å². The van der Waals surface area contributed by atoms with Crippen LogP contribution in [0.3, 0.4) is 0 Å². The summed E-state index contributed by atoms with van der Waals surface area (Å²) >= 11 is 1.04. The van der Waals surface area contributed by atoms with Gasteiger partial charge in [0.2, 0.25) is 0 Å². The number of Topliss-reactive ketones (excluding diaryl/α,β-unsaturated/α-hetero) is 1. The van der Waals surface area contributed by atoms with Gasteiger partial charge in [-0.25, -0.2) is 0 Å². The maximum atomic E-state index is 13.9. The fourth-order valence-corrected chi connectivity index (χ4v) is 4.86. The number of rotatable bonds is 9. The Morgan fingerprint density at radius 3 is 2.17 bits per heavy atom. The molecule has 0 amide bonds. The second-order valence-electron chi connectivity index (χ2n) is 9.33.